The van der Waals surface area contributed by atoms with E-state index in [-0.39, 0.29) is 24.0 Å². The number of hydrogen-bond donors (Lipinski definition) is 2. The van der Waals surface area contributed by atoms with Crippen LogP contribution in [0.5, 0.6) is 0 Å². The summed E-state index contributed by atoms with van der Waals surface area (Å²) in [7, 11) is 1.81. The summed E-state index contributed by atoms with van der Waals surface area (Å²) in [6.07, 6.45) is 2.11. The number of halogens is 1. The molecule has 0 bridgehead atoms. The van der Waals surface area contributed by atoms with Gasteiger partial charge in [-0.15, -0.1) is 24.0 Å². The fourth-order valence-electron chi connectivity index (χ4n) is 1.61. The molecule has 120 valence electrons. The van der Waals surface area contributed by atoms with Crippen molar-refractivity contribution in [2.45, 2.75) is 12.7 Å². The molecule has 1 aromatic rings. The van der Waals surface area contributed by atoms with E-state index in [0.717, 1.165) is 36.3 Å². The summed E-state index contributed by atoms with van der Waals surface area (Å²) in [5, 5.41) is 6.63. The standard InChI is InChI=1S/C15H25N3S2.HI/c1-13-4-6-14(7-5-13)12-20-11-9-18-15(16-2)17-8-10-19-3;/h4-7H,8-12H2,1-3H3,(H2,16,17,18);1H. The van der Waals surface area contributed by atoms with Crippen LogP contribution in [0.1, 0.15) is 11.1 Å². The van der Waals surface area contributed by atoms with Crippen molar-refractivity contribution in [2.24, 2.45) is 4.99 Å². The SMILES string of the molecule is CN=C(NCCSC)NCCSCc1ccc(C)cc1.I. The Balaban J connectivity index is 0.00000400. The molecule has 0 atom stereocenters. The van der Waals surface area contributed by atoms with Gasteiger partial charge in [0, 0.05) is 37.4 Å². The van der Waals surface area contributed by atoms with E-state index >= 15 is 0 Å². The molecule has 0 saturated heterocycles. The lowest BCUT2D eigenvalue weighted by molar-refractivity contribution is 0.864. The molecular formula is C15H26IN3S2. The highest BCUT2D eigenvalue weighted by atomic mass is 127. The van der Waals surface area contributed by atoms with Crippen molar-refractivity contribution in [3.05, 3.63) is 35.4 Å². The first-order valence-electron chi connectivity index (χ1n) is 6.83. The predicted molar refractivity (Wildman–Crippen MR) is 111 cm³/mol. The molecule has 21 heavy (non-hydrogen) atoms. The zero-order valence-corrected chi connectivity index (χ0v) is 17.0. The van der Waals surface area contributed by atoms with Crippen molar-refractivity contribution >= 4 is 53.5 Å². The lowest BCUT2D eigenvalue weighted by Gasteiger charge is -2.11. The summed E-state index contributed by atoms with van der Waals surface area (Å²) in [6.45, 7) is 4.02. The van der Waals surface area contributed by atoms with Gasteiger partial charge < -0.3 is 10.6 Å². The van der Waals surface area contributed by atoms with Crippen molar-refractivity contribution in [1.82, 2.24) is 10.6 Å². The molecule has 0 unspecified atom stereocenters. The van der Waals surface area contributed by atoms with Gasteiger partial charge in [0.1, 0.15) is 0 Å². The number of nitrogens with one attached hydrogen (secondary N) is 2. The molecule has 0 aromatic heterocycles. The number of aryl methyl sites for hydroxylation is 1. The van der Waals surface area contributed by atoms with Gasteiger partial charge in [-0.25, -0.2) is 0 Å². The third-order valence-corrected chi connectivity index (χ3v) is 4.39. The molecule has 1 aromatic carbocycles. The number of rotatable bonds is 8. The van der Waals surface area contributed by atoms with Crippen LogP contribution >= 0.6 is 47.5 Å². The Morgan fingerprint density at radius 1 is 1.10 bits per heavy atom. The van der Waals surface area contributed by atoms with E-state index in [4.69, 9.17) is 0 Å². The molecule has 0 fully saturated rings. The van der Waals surface area contributed by atoms with Gasteiger partial charge in [0.2, 0.25) is 0 Å². The summed E-state index contributed by atoms with van der Waals surface area (Å²) in [5.41, 5.74) is 2.71. The van der Waals surface area contributed by atoms with Crippen molar-refractivity contribution in [3.8, 4) is 0 Å². The van der Waals surface area contributed by atoms with Crippen LogP contribution in [0.3, 0.4) is 0 Å². The molecular weight excluding hydrogens is 413 g/mol. The molecule has 1 rings (SSSR count). The Hall–Kier alpha value is -0.0800. The first-order chi connectivity index (χ1) is 9.76. The highest BCUT2D eigenvalue weighted by molar-refractivity contribution is 14.0. The van der Waals surface area contributed by atoms with E-state index in [9.17, 15) is 0 Å². The van der Waals surface area contributed by atoms with E-state index in [1.807, 2.05) is 30.6 Å². The first-order valence-corrected chi connectivity index (χ1v) is 9.38. The summed E-state index contributed by atoms with van der Waals surface area (Å²) in [6, 6.07) is 8.76. The smallest absolute Gasteiger partial charge is 0.191 e. The molecule has 0 aliphatic carbocycles. The van der Waals surface area contributed by atoms with E-state index in [1.165, 1.54) is 11.1 Å². The molecule has 0 radical (unpaired) electrons. The highest BCUT2D eigenvalue weighted by Gasteiger charge is 1.97. The Labute approximate surface area is 154 Å². The number of guanidine groups is 1. The van der Waals surface area contributed by atoms with Gasteiger partial charge in [-0.3, -0.25) is 4.99 Å². The van der Waals surface area contributed by atoms with Crippen LogP contribution in [0, 0.1) is 6.92 Å². The summed E-state index contributed by atoms with van der Waals surface area (Å²) in [5.74, 6) is 4.15. The third-order valence-electron chi connectivity index (χ3n) is 2.75. The average molecular weight is 439 g/mol. The van der Waals surface area contributed by atoms with E-state index in [2.05, 4.69) is 53.1 Å². The fourth-order valence-corrected chi connectivity index (χ4v) is 2.73. The molecule has 0 saturated carbocycles. The maximum atomic E-state index is 4.20. The van der Waals surface area contributed by atoms with Crippen molar-refractivity contribution in [3.63, 3.8) is 0 Å². The zero-order chi connectivity index (χ0) is 14.6. The van der Waals surface area contributed by atoms with Crippen molar-refractivity contribution in [1.29, 1.82) is 0 Å². The minimum atomic E-state index is 0. The maximum absolute atomic E-state index is 4.20. The topological polar surface area (TPSA) is 36.4 Å². The van der Waals surface area contributed by atoms with Crippen LogP contribution in [0.4, 0.5) is 0 Å². The second-order valence-corrected chi connectivity index (χ2v) is 6.55. The van der Waals surface area contributed by atoms with E-state index < -0.39 is 0 Å². The predicted octanol–water partition coefficient (Wildman–Crippen LogP) is 3.37. The lowest BCUT2D eigenvalue weighted by Crippen LogP contribution is -2.39. The monoisotopic (exact) mass is 439 g/mol. The Morgan fingerprint density at radius 2 is 1.71 bits per heavy atom. The average Bonchev–Trinajstić information content (AvgIpc) is 2.47. The molecule has 3 nitrogen and oxygen atoms in total. The minimum Gasteiger partial charge on any atom is -0.356 e. The normalized spacial score (nSPS) is 10.9. The van der Waals surface area contributed by atoms with Crippen LogP contribution < -0.4 is 10.6 Å². The largest absolute Gasteiger partial charge is 0.356 e. The molecule has 2 N–H and O–H groups in total. The third kappa shape index (κ3) is 10.3. The highest BCUT2D eigenvalue weighted by Crippen LogP contribution is 2.12. The molecule has 0 aliphatic rings. The maximum Gasteiger partial charge on any atom is 0.191 e. The van der Waals surface area contributed by atoms with Gasteiger partial charge in [0.25, 0.3) is 0 Å². The van der Waals surface area contributed by atoms with Gasteiger partial charge >= 0.3 is 0 Å². The molecule has 0 aliphatic heterocycles. The van der Waals surface area contributed by atoms with Crippen LogP contribution in [-0.4, -0.2) is 43.9 Å². The Bertz CT molecular complexity index is 396. The van der Waals surface area contributed by atoms with Gasteiger partial charge in [0.15, 0.2) is 5.96 Å². The van der Waals surface area contributed by atoms with Crippen molar-refractivity contribution < 1.29 is 0 Å². The van der Waals surface area contributed by atoms with Crippen LogP contribution in [0.25, 0.3) is 0 Å². The first kappa shape index (κ1) is 20.9. The molecule has 6 heteroatoms. The summed E-state index contributed by atoms with van der Waals surface area (Å²) < 4.78 is 0. The van der Waals surface area contributed by atoms with Gasteiger partial charge in [-0.2, -0.15) is 23.5 Å². The number of hydrogen-bond acceptors (Lipinski definition) is 3. The number of benzene rings is 1. The van der Waals surface area contributed by atoms with Crippen LogP contribution in [-0.2, 0) is 5.75 Å². The van der Waals surface area contributed by atoms with Gasteiger partial charge in [0.05, 0.1) is 0 Å². The minimum absolute atomic E-state index is 0. The quantitative estimate of drug-likeness (QED) is 0.282. The number of aliphatic imine (C=N–C) groups is 1. The van der Waals surface area contributed by atoms with Gasteiger partial charge in [-0.05, 0) is 18.7 Å². The Morgan fingerprint density at radius 3 is 2.29 bits per heavy atom. The molecule has 0 amide bonds. The fraction of sp³-hybridized carbons (Fsp3) is 0.533. The van der Waals surface area contributed by atoms with Crippen LogP contribution in [0.15, 0.2) is 29.3 Å². The van der Waals surface area contributed by atoms with E-state index in [0.29, 0.717) is 0 Å². The lowest BCUT2D eigenvalue weighted by atomic mass is 10.2. The van der Waals surface area contributed by atoms with Gasteiger partial charge in [-0.1, -0.05) is 29.8 Å². The zero-order valence-electron chi connectivity index (χ0n) is 13.0. The number of nitrogens with zero attached hydrogens (tertiary/aromatic N) is 1. The van der Waals surface area contributed by atoms with Crippen molar-refractivity contribution in [2.75, 3.05) is 37.9 Å². The molecule has 0 spiro atoms. The second kappa shape index (κ2) is 13.6. The Kier molecular flexibility index (Phi) is 13.5. The summed E-state index contributed by atoms with van der Waals surface area (Å²) >= 11 is 3.78. The summed E-state index contributed by atoms with van der Waals surface area (Å²) in [4.78, 5) is 4.20. The van der Waals surface area contributed by atoms with Crippen LogP contribution in [0.2, 0.25) is 0 Å². The van der Waals surface area contributed by atoms with E-state index in [1.54, 1.807) is 0 Å². The molecule has 0 heterocycles. The second-order valence-electron chi connectivity index (χ2n) is 4.46. The number of thioether (sulfide) groups is 2.